The average molecular weight is 219 g/mol. The molecule has 0 atom stereocenters. The van der Waals surface area contributed by atoms with Crippen LogP contribution < -0.4 is 10.2 Å². The van der Waals surface area contributed by atoms with Crippen molar-refractivity contribution < 1.29 is 0 Å². The van der Waals surface area contributed by atoms with Crippen molar-refractivity contribution in [2.24, 2.45) is 0 Å². The molecule has 0 radical (unpaired) electrons. The molecule has 1 fully saturated rings. The van der Waals surface area contributed by atoms with Gasteiger partial charge < -0.3 is 10.2 Å². The number of nitrogens with one attached hydrogen (secondary N) is 1. The van der Waals surface area contributed by atoms with E-state index < -0.39 is 0 Å². The lowest BCUT2D eigenvalue weighted by molar-refractivity contribution is 0.726. The van der Waals surface area contributed by atoms with Crippen LogP contribution in [0.4, 0.5) is 5.82 Å². The second-order valence-electron chi connectivity index (χ2n) is 4.45. The first kappa shape index (κ1) is 11.4. The predicted molar refractivity (Wildman–Crippen MR) is 67.7 cm³/mol. The summed E-state index contributed by atoms with van der Waals surface area (Å²) in [5, 5.41) is 3.18. The highest BCUT2D eigenvalue weighted by molar-refractivity contribution is 5.41. The number of nitrogens with zero attached hydrogens (tertiary/aromatic N) is 2. The molecule has 1 saturated heterocycles. The van der Waals surface area contributed by atoms with Crippen LogP contribution in [0.1, 0.15) is 31.2 Å². The Kier molecular flexibility index (Phi) is 4.17. The van der Waals surface area contributed by atoms with Gasteiger partial charge in [0.15, 0.2) is 0 Å². The van der Waals surface area contributed by atoms with E-state index in [4.69, 9.17) is 0 Å². The van der Waals surface area contributed by atoms with Crippen molar-refractivity contribution in [3.63, 3.8) is 0 Å². The van der Waals surface area contributed by atoms with Gasteiger partial charge in [0.25, 0.3) is 0 Å². The summed E-state index contributed by atoms with van der Waals surface area (Å²) in [7, 11) is 1.98. The second kappa shape index (κ2) is 5.85. The summed E-state index contributed by atoms with van der Waals surface area (Å²) in [5.41, 5.74) is 1.32. The Morgan fingerprint density at radius 3 is 2.69 bits per heavy atom. The van der Waals surface area contributed by atoms with Gasteiger partial charge in [0.1, 0.15) is 5.82 Å². The first-order valence-electron chi connectivity index (χ1n) is 6.24. The summed E-state index contributed by atoms with van der Waals surface area (Å²) in [6, 6.07) is 4.29. The van der Waals surface area contributed by atoms with E-state index in [1.54, 1.807) is 0 Å². The SMILES string of the molecule is CNCc1ccnc(N2CCCCCC2)c1. The Balaban J connectivity index is 2.08. The average Bonchev–Trinajstić information content (AvgIpc) is 2.58. The molecule has 3 heteroatoms. The van der Waals surface area contributed by atoms with Crippen LogP contribution in [0.25, 0.3) is 0 Å². The van der Waals surface area contributed by atoms with Crippen molar-refractivity contribution in [3.05, 3.63) is 23.9 Å². The van der Waals surface area contributed by atoms with Crippen molar-refractivity contribution in [2.45, 2.75) is 32.2 Å². The lowest BCUT2D eigenvalue weighted by Crippen LogP contribution is -2.25. The highest BCUT2D eigenvalue weighted by Gasteiger charge is 2.10. The van der Waals surface area contributed by atoms with Gasteiger partial charge in [-0.3, -0.25) is 0 Å². The van der Waals surface area contributed by atoms with Gasteiger partial charge in [-0.15, -0.1) is 0 Å². The zero-order valence-electron chi connectivity index (χ0n) is 10.1. The smallest absolute Gasteiger partial charge is 0.128 e. The van der Waals surface area contributed by atoms with Crippen LogP contribution in [0.3, 0.4) is 0 Å². The standard InChI is InChI=1S/C13H21N3/c1-14-11-12-6-7-15-13(10-12)16-8-4-2-3-5-9-16/h6-7,10,14H,2-5,8-9,11H2,1H3. The van der Waals surface area contributed by atoms with Crippen molar-refractivity contribution >= 4 is 5.82 Å². The quantitative estimate of drug-likeness (QED) is 0.844. The fourth-order valence-corrected chi connectivity index (χ4v) is 2.25. The minimum Gasteiger partial charge on any atom is -0.357 e. The van der Waals surface area contributed by atoms with E-state index in [1.807, 2.05) is 13.2 Å². The molecule has 0 saturated carbocycles. The maximum Gasteiger partial charge on any atom is 0.128 e. The first-order valence-corrected chi connectivity index (χ1v) is 6.24. The summed E-state index contributed by atoms with van der Waals surface area (Å²) in [6.45, 7) is 3.25. The highest BCUT2D eigenvalue weighted by atomic mass is 15.2. The Morgan fingerprint density at radius 1 is 1.25 bits per heavy atom. The third kappa shape index (κ3) is 2.95. The Morgan fingerprint density at radius 2 is 2.00 bits per heavy atom. The molecule has 1 N–H and O–H groups in total. The largest absolute Gasteiger partial charge is 0.357 e. The molecule has 2 rings (SSSR count). The molecule has 16 heavy (non-hydrogen) atoms. The van der Waals surface area contributed by atoms with Crippen molar-refractivity contribution in [1.82, 2.24) is 10.3 Å². The van der Waals surface area contributed by atoms with Crippen molar-refractivity contribution in [2.75, 3.05) is 25.0 Å². The Hall–Kier alpha value is -1.09. The first-order chi connectivity index (χ1) is 7.90. The number of anilines is 1. The third-order valence-electron chi connectivity index (χ3n) is 3.12. The molecule has 1 aliphatic rings. The topological polar surface area (TPSA) is 28.2 Å². The zero-order chi connectivity index (χ0) is 11.2. The van der Waals surface area contributed by atoms with Gasteiger partial charge in [0.2, 0.25) is 0 Å². The normalized spacial score (nSPS) is 17.2. The van der Waals surface area contributed by atoms with Crippen molar-refractivity contribution in [3.8, 4) is 0 Å². The molecule has 0 unspecified atom stereocenters. The lowest BCUT2D eigenvalue weighted by atomic mass is 10.2. The minimum atomic E-state index is 0.920. The predicted octanol–water partition coefficient (Wildman–Crippen LogP) is 2.18. The molecule has 0 spiro atoms. The second-order valence-corrected chi connectivity index (χ2v) is 4.45. The molecule has 3 nitrogen and oxygen atoms in total. The minimum absolute atomic E-state index is 0.920. The summed E-state index contributed by atoms with van der Waals surface area (Å²) >= 11 is 0. The van der Waals surface area contributed by atoms with Gasteiger partial charge in [0, 0.05) is 25.8 Å². The summed E-state index contributed by atoms with van der Waals surface area (Å²) < 4.78 is 0. The number of hydrogen-bond donors (Lipinski definition) is 1. The van der Waals surface area contributed by atoms with E-state index in [0.717, 1.165) is 25.5 Å². The molecule has 1 aromatic rings. The van der Waals surface area contributed by atoms with Crippen LogP contribution in [0.2, 0.25) is 0 Å². The lowest BCUT2D eigenvalue weighted by Gasteiger charge is -2.21. The molecule has 88 valence electrons. The third-order valence-corrected chi connectivity index (χ3v) is 3.12. The van der Waals surface area contributed by atoms with Crippen molar-refractivity contribution in [1.29, 1.82) is 0 Å². The number of hydrogen-bond acceptors (Lipinski definition) is 3. The van der Waals surface area contributed by atoms with E-state index in [1.165, 1.54) is 31.2 Å². The molecular weight excluding hydrogens is 198 g/mol. The molecule has 0 bridgehead atoms. The van der Waals surface area contributed by atoms with Gasteiger partial charge in [-0.1, -0.05) is 12.8 Å². The van der Waals surface area contributed by atoms with Crippen LogP contribution in [0.5, 0.6) is 0 Å². The molecular formula is C13H21N3. The summed E-state index contributed by atoms with van der Waals surface area (Å²) in [5.74, 6) is 1.15. The van der Waals surface area contributed by atoms with E-state index in [2.05, 4.69) is 27.3 Å². The van der Waals surface area contributed by atoms with Gasteiger partial charge in [-0.05, 0) is 37.6 Å². The van der Waals surface area contributed by atoms with E-state index in [-0.39, 0.29) is 0 Å². The molecule has 0 aliphatic carbocycles. The van der Waals surface area contributed by atoms with Crippen LogP contribution in [0.15, 0.2) is 18.3 Å². The van der Waals surface area contributed by atoms with Crippen LogP contribution in [0, 0.1) is 0 Å². The fourth-order valence-electron chi connectivity index (χ4n) is 2.25. The van der Waals surface area contributed by atoms with Crippen LogP contribution >= 0.6 is 0 Å². The Labute approximate surface area is 97.9 Å². The number of rotatable bonds is 3. The summed E-state index contributed by atoms with van der Waals surface area (Å²) in [4.78, 5) is 6.91. The van der Waals surface area contributed by atoms with Crippen LogP contribution in [-0.2, 0) is 6.54 Å². The van der Waals surface area contributed by atoms with E-state index >= 15 is 0 Å². The fraction of sp³-hybridized carbons (Fsp3) is 0.615. The van der Waals surface area contributed by atoms with Gasteiger partial charge in [-0.25, -0.2) is 4.98 Å². The molecule has 0 aromatic carbocycles. The van der Waals surface area contributed by atoms with E-state index in [0.29, 0.717) is 0 Å². The van der Waals surface area contributed by atoms with E-state index in [9.17, 15) is 0 Å². The van der Waals surface area contributed by atoms with Gasteiger partial charge >= 0.3 is 0 Å². The van der Waals surface area contributed by atoms with Gasteiger partial charge in [0.05, 0.1) is 0 Å². The molecule has 1 aromatic heterocycles. The zero-order valence-corrected chi connectivity index (χ0v) is 10.1. The number of pyridine rings is 1. The maximum absolute atomic E-state index is 4.49. The molecule has 0 amide bonds. The summed E-state index contributed by atoms with van der Waals surface area (Å²) in [6.07, 6.45) is 7.27. The molecule has 1 aliphatic heterocycles. The number of aromatic nitrogens is 1. The molecule has 2 heterocycles. The maximum atomic E-state index is 4.49. The highest BCUT2D eigenvalue weighted by Crippen LogP contribution is 2.18. The van der Waals surface area contributed by atoms with Crippen LogP contribution in [-0.4, -0.2) is 25.1 Å². The Bertz CT molecular complexity index is 317. The van der Waals surface area contributed by atoms with Gasteiger partial charge in [-0.2, -0.15) is 0 Å². The monoisotopic (exact) mass is 219 g/mol.